The second-order valence-corrected chi connectivity index (χ2v) is 11.5. The van der Waals surface area contributed by atoms with Crippen LogP contribution in [0.25, 0.3) is 10.9 Å². The molecule has 0 spiro atoms. The van der Waals surface area contributed by atoms with Gasteiger partial charge in [-0.05, 0) is 98.4 Å². The third kappa shape index (κ3) is 7.48. The molecule has 0 atom stereocenters. The van der Waals surface area contributed by atoms with E-state index in [4.69, 9.17) is 21.1 Å². The molecule has 0 saturated carbocycles. The summed E-state index contributed by atoms with van der Waals surface area (Å²) in [5.74, 6) is 1.01. The van der Waals surface area contributed by atoms with Crippen LogP contribution in [0.1, 0.15) is 23.7 Å². The fraction of sp³-hybridized carbons (Fsp3) is 0.300. The number of hydrogen-bond donors (Lipinski definition) is 3. The van der Waals surface area contributed by atoms with Crippen LogP contribution in [-0.4, -0.2) is 52.0 Å². The SMILES string of the molecule is Cc1ccc2[nH]c(C)c(CCN(Sc3ccc(OCC(C)(CO)CO)cc3)C(=O)Oc3ccc(Cl)cc3)c2c1. The number of nitrogens with one attached hydrogen (secondary N) is 1. The van der Waals surface area contributed by atoms with Crippen molar-refractivity contribution >= 4 is 40.5 Å². The van der Waals surface area contributed by atoms with Crippen LogP contribution in [0, 0.1) is 19.3 Å². The molecular weight excluding hydrogens is 536 g/mol. The van der Waals surface area contributed by atoms with Crippen molar-refractivity contribution < 1.29 is 24.5 Å². The lowest BCUT2D eigenvalue weighted by Crippen LogP contribution is -2.33. The molecule has 3 aromatic carbocycles. The summed E-state index contributed by atoms with van der Waals surface area (Å²) < 4.78 is 13.0. The summed E-state index contributed by atoms with van der Waals surface area (Å²) in [5, 5.41) is 20.7. The number of amides is 1. The number of aryl methyl sites for hydroxylation is 2. The highest BCUT2D eigenvalue weighted by atomic mass is 35.5. The van der Waals surface area contributed by atoms with E-state index in [1.165, 1.54) is 17.5 Å². The molecule has 9 heteroatoms. The van der Waals surface area contributed by atoms with E-state index in [0.29, 0.717) is 29.5 Å². The molecule has 0 saturated heterocycles. The van der Waals surface area contributed by atoms with Crippen LogP contribution >= 0.6 is 23.5 Å². The Bertz CT molecular complexity index is 1400. The van der Waals surface area contributed by atoms with Crippen molar-refractivity contribution in [3.05, 3.63) is 88.6 Å². The smallest absolute Gasteiger partial charge is 0.425 e. The average Bonchev–Trinajstić information content (AvgIpc) is 3.25. The topological polar surface area (TPSA) is 95.0 Å². The number of benzene rings is 3. The molecule has 0 aliphatic rings. The van der Waals surface area contributed by atoms with Crippen molar-refractivity contribution in [1.29, 1.82) is 0 Å². The maximum absolute atomic E-state index is 13.3. The van der Waals surface area contributed by atoms with E-state index in [2.05, 4.69) is 30.1 Å². The van der Waals surface area contributed by atoms with Gasteiger partial charge in [-0.25, -0.2) is 9.10 Å². The van der Waals surface area contributed by atoms with Crippen molar-refractivity contribution in [2.24, 2.45) is 5.41 Å². The van der Waals surface area contributed by atoms with Gasteiger partial charge in [0.1, 0.15) is 11.5 Å². The van der Waals surface area contributed by atoms with Crippen molar-refractivity contribution in [3.63, 3.8) is 0 Å². The van der Waals surface area contributed by atoms with Gasteiger partial charge >= 0.3 is 6.09 Å². The number of ether oxygens (including phenoxy) is 2. The number of halogens is 1. The number of carbonyl (C=O) groups excluding carboxylic acids is 1. The minimum atomic E-state index is -0.727. The van der Waals surface area contributed by atoms with E-state index in [1.54, 1.807) is 47.6 Å². The number of nitrogens with zero attached hydrogens (tertiary/aromatic N) is 1. The molecule has 0 bridgehead atoms. The van der Waals surface area contributed by atoms with Gasteiger partial charge < -0.3 is 24.7 Å². The lowest BCUT2D eigenvalue weighted by atomic mass is 9.94. The Labute approximate surface area is 237 Å². The predicted octanol–water partition coefficient (Wildman–Crippen LogP) is 6.56. The fourth-order valence-electron chi connectivity index (χ4n) is 3.98. The molecule has 0 radical (unpaired) electrons. The van der Waals surface area contributed by atoms with E-state index in [-0.39, 0.29) is 19.8 Å². The molecule has 4 aromatic rings. The Morgan fingerprint density at radius 2 is 1.67 bits per heavy atom. The third-order valence-corrected chi connectivity index (χ3v) is 7.74. The average molecular weight is 569 g/mol. The van der Waals surface area contributed by atoms with Crippen LogP contribution in [0.5, 0.6) is 11.5 Å². The lowest BCUT2D eigenvalue weighted by molar-refractivity contribution is 0.0287. The quantitative estimate of drug-likeness (QED) is 0.177. The molecule has 4 rings (SSSR count). The van der Waals surface area contributed by atoms with Gasteiger partial charge in [-0.3, -0.25) is 0 Å². The molecule has 1 amide bonds. The zero-order valence-corrected chi connectivity index (χ0v) is 23.8. The summed E-state index contributed by atoms with van der Waals surface area (Å²) in [4.78, 5) is 17.5. The summed E-state index contributed by atoms with van der Waals surface area (Å²) in [6.07, 6.45) is 0.151. The molecule has 0 aliphatic carbocycles. The number of aliphatic hydroxyl groups excluding tert-OH is 2. The minimum absolute atomic E-state index is 0.176. The summed E-state index contributed by atoms with van der Waals surface area (Å²) >= 11 is 7.27. The van der Waals surface area contributed by atoms with E-state index in [0.717, 1.165) is 27.1 Å². The van der Waals surface area contributed by atoms with E-state index >= 15 is 0 Å². The Balaban J connectivity index is 1.50. The van der Waals surface area contributed by atoms with Gasteiger partial charge in [0.15, 0.2) is 0 Å². The summed E-state index contributed by atoms with van der Waals surface area (Å²) in [5.41, 5.74) is 3.76. The van der Waals surface area contributed by atoms with Gasteiger partial charge in [0.2, 0.25) is 0 Å². The van der Waals surface area contributed by atoms with Crippen molar-refractivity contribution in [1.82, 2.24) is 9.29 Å². The molecule has 1 heterocycles. The second kappa shape index (κ2) is 12.8. The van der Waals surface area contributed by atoms with Crippen LogP contribution < -0.4 is 9.47 Å². The molecular formula is C30H33ClN2O5S. The number of aromatic nitrogens is 1. The standard InChI is InChI=1S/C30H33ClN2O5S/c1-20-4-13-28-27(16-20)26(21(2)32-28)14-15-33(29(36)38-24-7-5-22(31)6-8-24)39-25-11-9-23(10-12-25)37-19-30(3,17-34)18-35/h4-13,16,32,34-35H,14-15,17-19H2,1-3H3. The number of H-pyrrole nitrogens is 1. The molecule has 206 valence electrons. The largest absolute Gasteiger partial charge is 0.493 e. The normalized spacial score (nSPS) is 11.5. The Morgan fingerprint density at radius 3 is 2.33 bits per heavy atom. The first-order chi connectivity index (χ1) is 18.7. The number of aromatic amines is 1. The highest BCUT2D eigenvalue weighted by Gasteiger charge is 2.24. The summed E-state index contributed by atoms with van der Waals surface area (Å²) in [6.45, 7) is 6.09. The van der Waals surface area contributed by atoms with Crippen LogP contribution in [0.4, 0.5) is 4.79 Å². The maximum atomic E-state index is 13.3. The molecule has 3 N–H and O–H groups in total. The molecule has 1 aromatic heterocycles. The minimum Gasteiger partial charge on any atom is -0.493 e. The van der Waals surface area contributed by atoms with Crippen LogP contribution in [0.15, 0.2) is 71.6 Å². The first-order valence-corrected chi connectivity index (χ1v) is 13.8. The van der Waals surface area contributed by atoms with Crippen molar-refractivity contribution in [2.75, 3.05) is 26.4 Å². The van der Waals surface area contributed by atoms with Gasteiger partial charge in [-0.15, -0.1) is 0 Å². The molecule has 7 nitrogen and oxygen atoms in total. The van der Waals surface area contributed by atoms with Gasteiger partial charge in [0.05, 0.1) is 19.8 Å². The van der Waals surface area contributed by atoms with E-state index < -0.39 is 11.5 Å². The van der Waals surface area contributed by atoms with Crippen LogP contribution in [-0.2, 0) is 6.42 Å². The second-order valence-electron chi connectivity index (χ2n) is 9.93. The maximum Gasteiger partial charge on any atom is 0.425 e. The number of carbonyl (C=O) groups is 1. The summed E-state index contributed by atoms with van der Waals surface area (Å²) in [6, 6.07) is 20.3. The summed E-state index contributed by atoms with van der Waals surface area (Å²) in [7, 11) is 0. The Kier molecular flexibility index (Phi) is 9.45. The molecule has 39 heavy (non-hydrogen) atoms. The predicted molar refractivity (Wildman–Crippen MR) is 156 cm³/mol. The zero-order valence-electron chi connectivity index (χ0n) is 22.2. The van der Waals surface area contributed by atoms with Gasteiger partial charge in [-0.2, -0.15) is 0 Å². The number of rotatable bonds is 11. The van der Waals surface area contributed by atoms with Gasteiger partial charge in [0.25, 0.3) is 0 Å². The molecule has 0 fully saturated rings. The number of aliphatic hydroxyl groups is 2. The lowest BCUT2D eigenvalue weighted by Gasteiger charge is -2.24. The monoisotopic (exact) mass is 568 g/mol. The highest BCUT2D eigenvalue weighted by molar-refractivity contribution is 7.97. The third-order valence-electron chi connectivity index (χ3n) is 6.45. The Morgan fingerprint density at radius 1 is 1.00 bits per heavy atom. The van der Waals surface area contributed by atoms with E-state index in [1.807, 2.05) is 19.1 Å². The van der Waals surface area contributed by atoms with Gasteiger partial charge in [-0.1, -0.05) is 30.2 Å². The van der Waals surface area contributed by atoms with Gasteiger partial charge in [0, 0.05) is 38.5 Å². The van der Waals surface area contributed by atoms with Crippen LogP contribution in [0.2, 0.25) is 5.02 Å². The number of hydrogen-bond acceptors (Lipinski definition) is 6. The Hall–Kier alpha value is -3.17. The zero-order chi connectivity index (χ0) is 28.0. The first-order valence-electron chi connectivity index (χ1n) is 12.6. The first kappa shape index (κ1) is 28.8. The van der Waals surface area contributed by atoms with E-state index in [9.17, 15) is 15.0 Å². The van der Waals surface area contributed by atoms with Crippen LogP contribution in [0.3, 0.4) is 0 Å². The van der Waals surface area contributed by atoms with Crippen molar-refractivity contribution in [2.45, 2.75) is 32.1 Å². The molecule has 0 aliphatic heterocycles. The highest BCUT2D eigenvalue weighted by Crippen LogP contribution is 2.30. The molecule has 0 unspecified atom stereocenters. The number of fused-ring (bicyclic) bond motifs is 1. The van der Waals surface area contributed by atoms with Crippen molar-refractivity contribution in [3.8, 4) is 11.5 Å². The fourth-order valence-corrected chi connectivity index (χ4v) is 4.92.